The number of methoxy groups -OCH3 is 1. The Balaban J connectivity index is 2.07. The maximum Gasteiger partial charge on any atom is 0.240 e. The average molecular weight is 313 g/mol. The number of hydrazine groups is 1. The fraction of sp³-hybridized carbons (Fsp3) is 0.571. The number of sulfonamides is 1. The van der Waals surface area contributed by atoms with E-state index >= 15 is 0 Å². The van der Waals surface area contributed by atoms with E-state index in [1.54, 1.807) is 31.4 Å². The van der Waals surface area contributed by atoms with Crippen molar-refractivity contribution in [2.24, 2.45) is 0 Å². The normalized spacial score (nSPS) is 18.2. The lowest BCUT2D eigenvalue weighted by atomic mass is 10.3. The lowest BCUT2D eigenvalue weighted by Gasteiger charge is -2.24. The van der Waals surface area contributed by atoms with E-state index in [9.17, 15) is 8.42 Å². The molecule has 1 fully saturated rings. The van der Waals surface area contributed by atoms with Crippen LogP contribution in [0, 0.1) is 0 Å². The minimum absolute atomic E-state index is 0.0861. The van der Waals surface area contributed by atoms with Crippen LogP contribution in [0.4, 0.5) is 0 Å². The Kier molecular flexibility index (Phi) is 5.21. The molecule has 0 aromatic heterocycles. The first-order valence-corrected chi connectivity index (χ1v) is 8.64. The van der Waals surface area contributed by atoms with Crippen molar-refractivity contribution in [3.8, 4) is 5.75 Å². The topological polar surface area (TPSA) is 61.9 Å². The summed E-state index contributed by atoms with van der Waals surface area (Å²) in [6, 6.07) is 6.34. The van der Waals surface area contributed by atoms with Gasteiger partial charge in [0.05, 0.1) is 18.0 Å². The monoisotopic (exact) mass is 313 g/mol. The van der Waals surface area contributed by atoms with Gasteiger partial charge < -0.3 is 4.74 Å². The molecule has 0 aliphatic carbocycles. The molecule has 0 amide bonds. The molecule has 7 heteroatoms. The number of nitrogens with one attached hydrogen (secondary N) is 1. The second-order valence-corrected chi connectivity index (χ2v) is 6.72. The third kappa shape index (κ3) is 3.74. The summed E-state index contributed by atoms with van der Waals surface area (Å²) in [6.45, 7) is 7.33. The van der Waals surface area contributed by atoms with Gasteiger partial charge in [-0.2, -0.15) is 0 Å². The molecule has 6 nitrogen and oxygen atoms in total. The number of benzene rings is 1. The first kappa shape index (κ1) is 16.2. The van der Waals surface area contributed by atoms with Crippen LogP contribution in [0.1, 0.15) is 13.8 Å². The molecule has 1 N–H and O–H groups in total. The fourth-order valence-corrected chi connectivity index (χ4v) is 3.79. The van der Waals surface area contributed by atoms with Crippen LogP contribution in [0.25, 0.3) is 0 Å². The van der Waals surface area contributed by atoms with Gasteiger partial charge in [0.15, 0.2) is 0 Å². The highest BCUT2D eigenvalue weighted by Gasteiger charge is 2.31. The van der Waals surface area contributed by atoms with Crippen LogP contribution in [-0.2, 0) is 10.0 Å². The smallest absolute Gasteiger partial charge is 0.240 e. The summed E-state index contributed by atoms with van der Waals surface area (Å²) < 4.78 is 32.6. The van der Waals surface area contributed by atoms with Crippen LogP contribution in [0.5, 0.6) is 5.75 Å². The molecule has 0 atom stereocenters. The molecule has 1 aliphatic rings. The van der Waals surface area contributed by atoms with Crippen molar-refractivity contribution in [1.82, 2.24) is 14.7 Å². The third-order valence-electron chi connectivity index (χ3n) is 3.68. The second kappa shape index (κ2) is 6.74. The molecular weight excluding hydrogens is 290 g/mol. The van der Waals surface area contributed by atoms with E-state index in [1.165, 1.54) is 0 Å². The summed E-state index contributed by atoms with van der Waals surface area (Å²) in [5.74, 6) is 0.643. The molecule has 1 aromatic rings. The summed E-state index contributed by atoms with van der Waals surface area (Å²) in [5, 5.41) is 4.34. The number of hydrogen-bond acceptors (Lipinski definition) is 5. The zero-order chi connectivity index (χ0) is 15.5. The molecule has 0 saturated carbocycles. The van der Waals surface area contributed by atoms with Gasteiger partial charge in [-0.3, -0.25) is 0 Å². The van der Waals surface area contributed by atoms with Gasteiger partial charge in [-0.15, -0.1) is 0 Å². The van der Waals surface area contributed by atoms with Gasteiger partial charge in [0.25, 0.3) is 0 Å². The van der Waals surface area contributed by atoms with Gasteiger partial charge >= 0.3 is 0 Å². The average Bonchev–Trinajstić information content (AvgIpc) is 2.88. The molecule has 118 valence electrons. The predicted molar refractivity (Wildman–Crippen MR) is 81.6 cm³/mol. The predicted octanol–water partition coefficient (Wildman–Crippen LogP) is 0.914. The van der Waals surface area contributed by atoms with Crippen molar-refractivity contribution in [3.63, 3.8) is 0 Å². The van der Waals surface area contributed by atoms with Crippen molar-refractivity contribution in [2.75, 3.05) is 33.3 Å². The Hall–Kier alpha value is -1.15. The first-order chi connectivity index (χ1) is 10.00. The SMILES string of the molecule is CCN1CC(NS(=O)(=O)c2ccc(OC)cc2)CN1CC. The Bertz CT molecular complexity index is 547. The molecular formula is C14H23N3O3S. The van der Waals surface area contributed by atoms with Crippen molar-refractivity contribution < 1.29 is 13.2 Å². The minimum atomic E-state index is -3.49. The van der Waals surface area contributed by atoms with E-state index in [0.29, 0.717) is 18.8 Å². The number of rotatable bonds is 6. The molecule has 0 bridgehead atoms. The van der Waals surface area contributed by atoms with Gasteiger partial charge in [0.1, 0.15) is 5.75 Å². The summed E-state index contributed by atoms with van der Waals surface area (Å²) in [4.78, 5) is 0.265. The quantitative estimate of drug-likeness (QED) is 0.846. The van der Waals surface area contributed by atoms with E-state index in [4.69, 9.17) is 4.74 Å². The summed E-state index contributed by atoms with van der Waals surface area (Å²) in [6.07, 6.45) is 0. The van der Waals surface area contributed by atoms with E-state index < -0.39 is 10.0 Å². The zero-order valence-corrected chi connectivity index (χ0v) is 13.6. The van der Waals surface area contributed by atoms with Crippen LogP contribution in [-0.4, -0.2) is 57.8 Å². The van der Waals surface area contributed by atoms with Crippen molar-refractivity contribution >= 4 is 10.0 Å². The molecule has 1 saturated heterocycles. The van der Waals surface area contributed by atoms with Crippen LogP contribution in [0.2, 0.25) is 0 Å². The van der Waals surface area contributed by atoms with E-state index in [1.807, 2.05) is 0 Å². The fourth-order valence-electron chi connectivity index (χ4n) is 2.57. The first-order valence-electron chi connectivity index (χ1n) is 7.16. The maximum atomic E-state index is 12.4. The Labute approximate surface area is 126 Å². The van der Waals surface area contributed by atoms with E-state index in [-0.39, 0.29) is 10.9 Å². The summed E-state index contributed by atoms with van der Waals surface area (Å²) in [7, 11) is -1.94. The highest BCUT2D eigenvalue weighted by molar-refractivity contribution is 7.89. The van der Waals surface area contributed by atoms with Gasteiger partial charge in [-0.05, 0) is 24.3 Å². The highest BCUT2D eigenvalue weighted by Crippen LogP contribution is 2.17. The molecule has 1 heterocycles. The Morgan fingerprint density at radius 3 is 2.10 bits per heavy atom. The van der Waals surface area contributed by atoms with Crippen LogP contribution in [0.3, 0.4) is 0 Å². The molecule has 1 aliphatic heterocycles. The standard InChI is InChI=1S/C14H23N3O3S/c1-4-16-10-12(11-17(16)5-2)15-21(18,19)14-8-6-13(20-3)7-9-14/h6-9,12,15H,4-5,10-11H2,1-3H3. The summed E-state index contributed by atoms with van der Waals surface area (Å²) >= 11 is 0. The van der Waals surface area contributed by atoms with Gasteiger partial charge in [0, 0.05) is 26.2 Å². The molecule has 0 radical (unpaired) electrons. The number of ether oxygens (including phenoxy) is 1. The molecule has 1 aromatic carbocycles. The molecule has 2 rings (SSSR count). The number of nitrogens with zero attached hydrogens (tertiary/aromatic N) is 2. The van der Waals surface area contributed by atoms with Crippen molar-refractivity contribution in [1.29, 1.82) is 0 Å². The van der Waals surface area contributed by atoms with E-state index in [0.717, 1.165) is 13.1 Å². The third-order valence-corrected chi connectivity index (χ3v) is 5.22. The molecule has 21 heavy (non-hydrogen) atoms. The van der Waals surface area contributed by atoms with Crippen LogP contribution >= 0.6 is 0 Å². The zero-order valence-electron chi connectivity index (χ0n) is 12.7. The summed E-state index contributed by atoms with van der Waals surface area (Å²) in [5.41, 5.74) is 0. The lowest BCUT2D eigenvalue weighted by molar-refractivity contribution is 0.0388. The van der Waals surface area contributed by atoms with Crippen LogP contribution < -0.4 is 9.46 Å². The molecule has 0 unspecified atom stereocenters. The highest BCUT2D eigenvalue weighted by atomic mass is 32.2. The second-order valence-electron chi connectivity index (χ2n) is 5.00. The largest absolute Gasteiger partial charge is 0.497 e. The lowest BCUT2D eigenvalue weighted by Crippen LogP contribution is -2.38. The number of likely N-dealkylation sites (N-methyl/N-ethyl adjacent to an activating group) is 2. The van der Waals surface area contributed by atoms with Crippen molar-refractivity contribution in [2.45, 2.75) is 24.8 Å². The van der Waals surface area contributed by atoms with Gasteiger partial charge in [0.2, 0.25) is 10.0 Å². The Morgan fingerprint density at radius 1 is 1.14 bits per heavy atom. The van der Waals surface area contributed by atoms with Gasteiger partial charge in [-0.1, -0.05) is 13.8 Å². The number of hydrogen-bond donors (Lipinski definition) is 1. The molecule has 0 spiro atoms. The van der Waals surface area contributed by atoms with Crippen LogP contribution in [0.15, 0.2) is 29.2 Å². The minimum Gasteiger partial charge on any atom is -0.497 e. The Morgan fingerprint density at radius 2 is 1.67 bits per heavy atom. The maximum absolute atomic E-state index is 12.4. The van der Waals surface area contributed by atoms with Gasteiger partial charge in [-0.25, -0.2) is 23.2 Å². The van der Waals surface area contributed by atoms with Crippen molar-refractivity contribution in [3.05, 3.63) is 24.3 Å². The van der Waals surface area contributed by atoms with E-state index in [2.05, 4.69) is 28.6 Å².